The Hall–Kier alpha value is -1.40. The van der Waals surface area contributed by atoms with E-state index in [9.17, 15) is 9.50 Å². The van der Waals surface area contributed by atoms with Gasteiger partial charge in [-0.25, -0.2) is 4.39 Å². The van der Waals surface area contributed by atoms with E-state index in [4.69, 9.17) is 5.26 Å². The van der Waals surface area contributed by atoms with Crippen molar-refractivity contribution >= 4 is 0 Å². The molecule has 0 bridgehead atoms. The van der Waals surface area contributed by atoms with Crippen molar-refractivity contribution in [1.29, 1.82) is 5.26 Å². The number of rotatable bonds is 1. The third-order valence-corrected chi connectivity index (χ3v) is 3.61. The van der Waals surface area contributed by atoms with Crippen LogP contribution in [0.15, 0.2) is 18.2 Å². The molecule has 0 spiro atoms. The topological polar surface area (TPSA) is 44.0 Å². The summed E-state index contributed by atoms with van der Waals surface area (Å²) in [6, 6.07) is 6.80. The number of hydrogen-bond donors (Lipinski definition) is 1. The Morgan fingerprint density at radius 1 is 1.50 bits per heavy atom. The summed E-state index contributed by atoms with van der Waals surface area (Å²) < 4.78 is 13.5. The maximum Gasteiger partial charge on any atom is 0.126 e. The second-order valence-corrected chi connectivity index (χ2v) is 4.86. The molecule has 1 aromatic rings. The number of nitrogens with zero attached hydrogens (tertiary/aromatic N) is 1. The van der Waals surface area contributed by atoms with Gasteiger partial charge in [0.15, 0.2) is 0 Å². The van der Waals surface area contributed by atoms with Gasteiger partial charge in [0.05, 0.1) is 11.5 Å². The van der Waals surface area contributed by atoms with Crippen LogP contribution in [-0.4, -0.2) is 5.11 Å². The molecule has 0 heterocycles. The van der Waals surface area contributed by atoms with E-state index in [1.165, 1.54) is 6.07 Å². The fourth-order valence-corrected chi connectivity index (χ4v) is 2.38. The van der Waals surface area contributed by atoms with Gasteiger partial charge in [-0.1, -0.05) is 12.1 Å². The lowest BCUT2D eigenvalue weighted by atomic mass is 9.72. The number of aliphatic hydroxyl groups is 1. The van der Waals surface area contributed by atoms with E-state index in [2.05, 4.69) is 6.07 Å². The van der Waals surface area contributed by atoms with Crippen molar-refractivity contribution in [1.82, 2.24) is 0 Å². The molecule has 0 amide bonds. The van der Waals surface area contributed by atoms with E-state index in [-0.39, 0.29) is 5.82 Å². The van der Waals surface area contributed by atoms with Crippen LogP contribution in [0.4, 0.5) is 4.39 Å². The first-order valence-electron chi connectivity index (χ1n) is 5.34. The molecule has 2 rings (SSSR count). The van der Waals surface area contributed by atoms with Crippen molar-refractivity contribution in [2.75, 3.05) is 0 Å². The smallest absolute Gasteiger partial charge is 0.126 e. The molecule has 84 valence electrons. The zero-order valence-corrected chi connectivity index (χ0v) is 9.42. The highest BCUT2D eigenvalue weighted by Gasteiger charge is 2.49. The van der Waals surface area contributed by atoms with Gasteiger partial charge in [-0.05, 0) is 43.9 Å². The van der Waals surface area contributed by atoms with Crippen molar-refractivity contribution < 1.29 is 9.50 Å². The first kappa shape index (κ1) is 11.1. The molecule has 1 aliphatic carbocycles. The number of fused-ring (bicyclic) bond motifs is 1. The van der Waals surface area contributed by atoms with Crippen molar-refractivity contribution in [2.24, 2.45) is 5.41 Å². The van der Waals surface area contributed by atoms with Gasteiger partial charge in [0, 0.05) is 0 Å². The number of hydrogen-bond acceptors (Lipinski definition) is 2. The third kappa shape index (κ3) is 1.27. The Labute approximate surface area is 94.3 Å². The summed E-state index contributed by atoms with van der Waals surface area (Å²) in [6.45, 7) is 3.38. The Morgan fingerprint density at radius 2 is 2.19 bits per heavy atom. The van der Waals surface area contributed by atoms with Crippen molar-refractivity contribution in [2.45, 2.75) is 32.3 Å². The van der Waals surface area contributed by atoms with Crippen molar-refractivity contribution in [3.63, 3.8) is 0 Å². The lowest BCUT2D eigenvalue weighted by molar-refractivity contribution is -0.0428. The van der Waals surface area contributed by atoms with Crippen LogP contribution in [0.5, 0.6) is 0 Å². The highest BCUT2D eigenvalue weighted by Crippen LogP contribution is 2.48. The minimum Gasteiger partial charge on any atom is -0.383 e. The Kier molecular flexibility index (Phi) is 2.28. The van der Waals surface area contributed by atoms with Gasteiger partial charge in [0.2, 0.25) is 0 Å². The van der Waals surface area contributed by atoms with Crippen LogP contribution in [-0.2, 0) is 12.0 Å². The summed E-state index contributed by atoms with van der Waals surface area (Å²) in [5, 5.41) is 19.7. The van der Waals surface area contributed by atoms with Crippen LogP contribution in [0.2, 0.25) is 0 Å². The maximum atomic E-state index is 13.5. The van der Waals surface area contributed by atoms with Gasteiger partial charge >= 0.3 is 0 Å². The molecule has 0 aliphatic heterocycles. The normalized spacial score (nSPS) is 23.9. The molecule has 1 unspecified atom stereocenters. The summed E-state index contributed by atoms with van der Waals surface area (Å²) in [7, 11) is 0. The van der Waals surface area contributed by atoms with Crippen LogP contribution in [0.3, 0.4) is 0 Å². The molecular weight excluding hydrogens is 205 g/mol. The minimum atomic E-state index is -1.24. The third-order valence-electron chi connectivity index (χ3n) is 3.61. The highest BCUT2D eigenvalue weighted by atomic mass is 19.1. The van der Waals surface area contributed by atoms with Crippen LogP contribution < -0.4 is 0 Å². The van der Waals surface area contributed by atoms with E-state index in [0.717, 1.165) is 0 Å². The molecule has 0 radical (unpaired) electrons. The monoisotopic (exact) mass is 219 g/mol. The van der Waals surface area contributed by atoms with Crippen molar-refractivity contribution in [3.8, 4) is 6.07 Å². The standard InChI is InChI=1S/C13H14FNO/c1-12(2,8-15)13(16)7-6-9-10(13)4-3-5-11(9)14/h3-5,16H,6-7H2,1-2H3. The first-order chi connectivity index (χ1) is 7.42. The van der Waals surface area contributed by atoms with Gasteiger partial charge < -0.3 is 5.11 Å². The lowest BCUT2D eigenvalue weighted by Crippen LogP contribution is -2.39. The molecule has 1 aromatic carbocycles. The van der Waals surface area contributed by atoms with E-state index in [0.29, 0.717) is 24.0 Å². The molecule has 0 fully saturated rings. The Balaban J connectivity index is 2.61. The molecule has 0 aromatic heterocycles. The van der Waals surface area contributed by atoms with Crippen molar-refractivity contribution in [3.05, 3.63) is 35.1 Å². The summed E-state index contributed by atoms with van der Waals surface area (Å²) in [5.41, 5.74) is -1.03. The summed E-state index contributed by atoms with van der Waals surface area (Å²) in [6.07, 6.45) is 0.896. The summed E-state index contributed by atoms with van der Waals surface area (Å²) in [5.74, 6) is -0.290. The maximum absolute atomic E-state index is 13.5. The minimum absolute atomic E-state index is 0.290. The predicted molar refractivity (Wildman–Crippen MR) is 58.0 cm³/mol. The molecule has 0 saturated heterocycles. The number of nitriles is 1. The molecule has 0 saturated carbocycles. The van der Waals surface area contributed by atoms with E-state index in [1.807, 2.05) is 0 Å². The number of halogens is 1. The SMILES string of the molecule is CC(C)(C#N)C1(O)CCc2c(F)cccc21. The summed E-state index contributed by atoms with van der Waals surface area (Å²) in [4.78, 5) is 0. The average Bonchev–Trinajstić information content (AvgIpc) is 2.60. The molecule has 1 N–H and O–H groups in total. The quantitative estimate of drug-likeness (QED) is 0.788. The van der Waals surface area contributed by atoms with Gasteiger partial charge in [-0.15, -0.1) is 0 Å². The van der Waals surface area contributed by atoms with Crippen LogP contribution >= 0.6 is 0 Å². The predicted octanol–water partition coefficient (Wildman–Crippen LogP) is 2.51. The first-order valence-corrected chi connectivity index (χ1v) is 5.34. The molecule has 2 nitrogen and oxygen atoms in total. The molecule has 1 atom stereocenters. The van der Waals surface area contributed by atoms with E-state index >= 15 is 0 Å². The molecule has 1 aliphatic rings. The second-order valence-electron chi connectivity index (χ2n) is 4.86. The van der Waals surface area contributed by atoms with Gasteiger partial charge in [-0.3, -0.25) is 0 Å². The van der Waals surface area contributed by atoms with Gasteiger partial charge in [0.1, 0.15) is 11.4 Å². The molecule has 3 heteroatoms. The van der Waals surface area contributed by atoms with Gasteiger partial charge in [-0.2, -0.15) is 5.26 Å². The highest BCUT2D eigenvalue weighted by molar-refractivity contribution is 5.41. The van der Waals surface area contributed by atoms with Crippen LogP contribution in [0.1, 0.15) is 31.4 Å². The molecular formula is C13H14FNO. The van der Waals surface area contributed by atoms with E-state index in [1.54, 1.807) is 26.0 Å². The van der Waals surface area contributed by atoms with Gasteiger partial charge in [0.25, 0.3) is 0 Å². The Morgan fingerprint density at radius 3 is 2.81 bits per heavy atom. The fraction of sp³-hybridized carbons (Fsp3) is 0.462. The number of benzene rings is 1. The zero-order valence-electron chi connectivity index (χ0n) is 9.42. The lowest BCUT2D eigenvalue weighted by Gasteiger charge is -2.35. The summed E-state index contributed by atoms with van der Waals surface area (Å²) >= 11 is 0. The zero-order chi connectivity index (χ0) is 12.0. The second kappa shape index (κ2) is 3.29. The van der Waals surface area contributed by atoms with E-state index < -0.39 is 11.0 Å². The largest absolute Gasteiger partial charge is 0.383 e. The molecule has 16 heavy (non-hydrogen) atoms. The fourth-order valence-electron chi connectivity index (χ4n) is 2.38. The average molecular weight is 219 g/mol. The van der Waals surface area contributed by atoms with Crippen LogP contribution in [0, 0.1) is 22.6 Å². The van der Waals surface area contributed by atoms with Crippen LogP contribution in [0.25, 0.3) is 0 Å². The Bertz CT molecular complexity index is 475.